The Morgan fingerprint density at radius 3 is 2.70 bits per heavy atom. The largest absolute Gasteiger partial charge is 0.444 e. The lowest BCUT2D eigenvalue weighted by molar-refractivity contribution is 0.0528. The molecule has 112 valence electrons. The molecule has 0 bridgehead atoms. The van der Waals surface area contributed by atoms with Crippen LogP contribution in [0.4, 0.5) is 16.3 Å². The van der Waals surface area contributed by atoms with Crippen molar-refractivity contribution in [1.82, 2.24) is 10.3 Å². The average molecular weight is 280 g/mol. The van der Waals surface area contributed by atoms with Crippen molar-refractivity contribution in [3.05, 3.63) is 17.8 Å². The Bertz CT molecular complexity index is 455. The van der Waals surface area contributed by atoms with Crippen molar-refractivity contribution in [1.29, 1.82) is 0 Å². The first-order valence-electron chi connectivity index (χ1n) is 6.71. The molecule has 0 saturated carbocycles. The number of nitrogens with two attached hydrogens (primary N) is 1. The second-order valence-electron chi connectivity index (χ2n) is 5.64. The lowest BCUT2D eigenvalue weighted by Crippen LogP contribution is -2.33. The highest BCUT2D eigenvalue weighted by Gasteiger charge is 2.15. The number of aryl methyl sites for hydroxylation is 1. The molecule has 6 nitrogen and oxygen atoms in total. The van der Waals surface area contributed by atoms with Crippen LogP contribution in [0.25, 0.3) is 0 Å². The molecule has 1 amide bonds. The third kappa shape index (κ3) is 6.26. The van der Waals surface area contributed by atoms with E-state index in [-0.39, 0.29) is 6.09 Å². The van der Waals surface area contributed by atoms with E-state index in [1.165, 1.54) is 0 Å². The fourth-order valence-electron chi connectivity index (χ4n) is 1.47. The van der Waals surface area contributed by atoms with E-state index in [9.17, 15) is 4.79 Å². The summed E-state index contributed by atoms with van der Waals surface area (Å²) in [6, 6.07) is 1.90. The number of aromatic nitrogens is 1. The molecule has 0 radical (unpaired) electrons. The van der Waals surface area contributed by atoms with Gasteiger partial charge in [0, 0.05) is 13.1 Å². The molecular weight excluding hydrogens is 256 g/mol. The van der Waals surface area contributed by atoms with Crippen molar-refractivity contribution in [2.45, 2.75) is 39.7 Å². The first-order chi connectivity index (χ1) is 9.28. The summed E-state index contributed by atoms with van der Waals surface area (Å²) in [7, 11) is 0. The van der Waals surface area contributed by atoms with Crippen LogP contribution in [0.2, 0.25) is 0 Å². The normalized spacial score (nSPS) is 11.0. The van der Waals surface area contributed by atoms with E-state index in [0.29, 0.717) is 18.8 Å². The van der Waals surface area contributed by atoms with Crippen LogP contribution >= 0.6 is 0 Å². The number of nitrogen functional groups attached to an aromatic ring is 1. The number of pyridine rings is 1. The lowest BCUT2D eigenvalue weighted by atomic mass is 10.2. The topological polar surface area (TPSA) is 89.3 Å². The monoisotopic (exact) mass is 280 g/mol. The first-order valence-corrected chi connectivity index (χ1v) is 6.71. The number of hydrogen-bond acceptors (Lipinski definition) is 5. The van der Waals surface area contributed by atoms with Crippen LogP contribution in [0.1, 0.15) is 32.8 Å². The SMILES string of the molecule is Cc1cc(NCCCNC(=O)OC(C)(C)C)ncc1N. The van der Waals surface area contributed by atoms with Crippen LogP contribution in [0.3, 0.4) is 0 Å². The van der Waals surface area contributed by atoms with Gasteiger partial charge >= 0.3 is 6.09 Å². The molecule has 0 fully saturated rings. The summed E-state index contributed by atoms with van der Waals surface area (Å²) in [5, 5.41) is 5.88. The molecule has 0 saturated heterocycles. The van der Waals surface area contributed by atoms with E-state index in [1.54, 1.807) is 6.20 Å². The van der Waals surface area contributed by atoms with Gasteiger partial charge in [-0.15, -0.1) is 0 Å². The Hall–Kier alpha value is -1.98. The van der Waals surface area contributed by atoms with Gasteiger partial charge in [0.25, 0.3) is 0 Å². The smallest absolute Gasteiger partial charge is 0.407 e. The molecule has 0 aliphatic rings. The summed E-state index contributed by atoms with van der Waals surface area (Å²) in [6.07, 6.45) is 2.03. The summed E-state index contributed by atoms with van der Waals surface area (Å²) >= 11 is 0. The van der Waals surface area contributed by atoms with E-state index >= 15 is 0 Å². The predicted octanol–water partition coefficient (Wildman–Crippen LogP) is 2.30. The molecule has 1 aromatic heterocycles. The van der Waals surface area contributed by atoms with Gasteiger partial charge in [0.15, 0.2) is 0 Å². The number of hydrogen-bond donors (Lipinski definition) is 3. The Kier molecular flexibility index (Phi) is 5.61. The van der Waals surface area contributed by atoms with Crippen LogP contribution in [-0.2, 0) is 4.74 Å². The fourth-order valence-corrected chi connectivity index (χ4v) is 1.47. The van der Waals surface area contributed by atoms with Crippen LogP contribution in [0.15, 0.2) is 12.3 Å². The molecule has 1 heterocycles. The Labute approximate surface area is 120 Å². The Balaban J connectivity index is 2.19. The maximum atomic E-state index is 11.4. The zero-order chi connectivity index (χ0) is 15.2. The van der Waals surface area contributed by atoms with Gasteiger partial charge in [0.1, 0.15) is 11.4 Å². The molecule has 1 aromatic rings. The van der Waals surface area contributed by atoms with E-state index in [4.69, 9.17) is 10.5 Å². The van der Waals surface area contributed by atoms with Crippen LogP contribution in [0, 0.1) is 6.92 Å². The summed E-state index contributed by atoms with van der Waals surface area (Å²) in [5.41, 5.74) is 6.91. The van der Waals surface area contributed by atoms with Crippen molar-refractivity contribution in [3.63, 3.8) is 0 Å². The number of anilines is 2. The third-order valence-corrected chi connectivity index (χ3v) is 2.48. The Morgan fingerprint density at radius 2 is 2.10 bits per heavy atom. The van der Waals surface area contributed by atoms with Crippen molar-refractivity contribution < 1.29 is 9.53 Å². The van der Waals surface area contributed by atoms with Gasteiger partial charge in [-0.1, -0.05) is 0 Å². The van der Waals surface area contributed by atoms with Gasteiger partial charge in [-0.3, -0.25) is 0 Å². The molecule has 0 unspecified atom stereocenters. The number of amides is 1. The molecule has 0 aliphatic heterocycles. The summed E-state index contributed by atoms with van der Waals surface area (Å²) in [6.45, 7) is 8.71. The summed E-state index contributed by atoms with van der Waals surface area (Å²) < 4.78 is 5.13. The van der Waals surface area contributed by atoms with Gasteiger partial charge in [-0.2, -0.15) is 0 Å². The summed E-state index contributed by atoms with van der Waals surface area (Å²) in [4.78, 5) is 15.6. The van der Waals surface area contributed by atoms with Crippen molar-refractivity contribution in [3.8, 4) is 0 Å². The van der Waals surface area contributed by atoms with Gasteiger partial charge in [-0.05, 0) is 45.7 Å². The van der Waals surface area contributed by atoms with E-state index in [0.717, 1.165) is 17.8 Å². The highest BCUT2D eigenvalue weighted by molar-refractivity contribution is 5.67. The predicted molar refractivity (Wildman–Crippen MR) is 80.7 cm³/mol. The average Bonchev–Trinajstić information content (AvgIpc) is 2.31. The van der Waals surface area contributed by atoms with Crippen LogP contribution < -0.4 is 16.4 Å². The number of ether oxygens (including phenoxy) is 1. The number of nitrogens with zero attached hydrogens (tertiary/aromatic N) is 1. The quantitative estimate of drug-likeness (QED) is 0.720. The van der Waals surface area contributed by atoms with Crippen LogP contribution in [0.5, 0.6) is 0 Å². The van der Waals surface area contributed by atoms with E-state index in [1.807, 2.05) is 33.8 Å². The molecule has 1 rings (SSSR count). The molecule has 6 heteroatoms. The first kappa shape index (κ1) is 16.1. The third-order valence-electron chi connectivity index (χ3n) is 2.48. The minimum Gasteiger partial charge on any atom is -0.444 e. The number of carbonyl (C=O) groups is 1. The Morgan fingerprint density at radius 1 is 1.40 bits per heavy atom. The molecule has 20 heavy (non-hydrogen) atoms. The van der Waals surface area contributed by atoms with Gasteiger partial charge in [-0.25, -0.2) is 9.78 Å². The molecule has 0 atom stereocenters. The maximum absolute atomic E-state index is 11.4. The number of carbonyl (C=O) groups excluding carboxylic acids is 1. The van der Waals surface area contributed by atoms with Crippen molar-refractivity contribution in [2.75, 3.05) is 24.1 Å². The van der Waals surface area contributed by atoms with E-state index < -0.39 is 5.60 Å². The standard InChI is InChI=1S/C14H24N4O2/c1-10-8-12(18-9-11(10)15)16-6-5-7-17-13(19)20-14(2,3)4/h8-9H,5-7,15H2,1-4H3,(H,16,18)(H,17,19). The van der Waals surface area contributed by atoms with E-state index in [2.05, 4.69) is 15.6 Å². The molecular formula is C14H24N4O2. The number of alkyl carbamates (subject to hydrolysis) is 1. The fraction of sp³-hybridized carbons (Fsp3) is 0.571. The second kappa shape index (κ2) is 6.98. The number of rotatable bonds is 5. The van der Waals surface area contributed by atoms with Gasteiger partial charge in [0.2, 0.25) is 0 Å². The van der Waals surface area contributed by atoms with Gasteiger partial charge < -0.3 is 21.1 Å². The minimum absolute atomic E-state index is 0.390. The molecule has 0 spiro atoms. The van der Waals surface area contributed by atoms with Crippen molar-refractivity contribution >= 4 is 17.6 Å². The number of nitrogens with one attached hydrogen (secondary N) is 2. The highest BCUT2D eigenvalue weighted by Crippen LogP contribution is 2.12. The molecule has 4 N–H and O–H groups in total. The van der Waals surface area contributed by atoms with Crippen LogP contribution in [-0.4, -0.2) is 29.8 Å². The van der Waals surface area contributed by atoms with Crippen molar-refractivity contribution in [2.24, 2.45) is 0 Å². The second-order valence-corrected chi connectivity index (χ2v) is 5.64. The van der Waals surface area contributed by atoms with Gasteiger partial charge in [0.05, 0.1) is 11.9 Å². The zero-order valence-electron chi connectivity index (χ0n) is 12.6. The maximum Gasteiger partial charge on any atom is 0.407 e. The zero-order valence-corrected chi connectivity index (χ0v) is 12.6. The highest BCUT2D eigenvalue weighted by atomic mass is 16.6. The lowest BCUT2D eigenvalue weighted by Gasteiger charge is -2.19. The molecule has 0 aromatic carbocycles. The summed E-state index contributed by atoms with van der Waals surface area (Å²) in [5.74, 6) is 0.786. The minimum atomic E-state index is -0.465. The molecule has 0 aliphatic carbocycles.